The first-order valence-corrected chi connectivity index (χ1v) is 34.4. The highest BCUT2D eigenvalue weighted by molar-refractivity contribution is 5.71. The summed E-state index contributed by atoms with van der Waals surface area (Å²) in [6.45, 7) is 6.52. The first-order chi connectivity index (χ1) is 40.0. The molecule has 0 aromatic rings. The van der Waals surface area contributed by atoms with Gasteiger partial charge in [0.25, 0.3) is 0 Å². The van der Waals surface area contributed by atoms with Gasteiger partial charge in [-0.3, -0.25) is 14.4 Å². The van der Waals surface area contributed by atoms with Gasteiger partial charge in [0, 0.05) is 19.3 Å². The van der Waals surface area contributed by atoms with Gasteiger partial charge in [-0.2, -0.15) is 0 Å². The number of rotatable bonds is 62. The third-order valence-corrected chi connectivity index (χ3v) is 14.8. The third-order valence-electron chi connectivity index (χ3n) is 14.8. The van der Waals surface area contributed by atoms with E-state index in [-0.39, 0.29) is 31.1 Å². The topological polar surface area (TPSA) is 78.9 Å². The van der Waals surface area contributed by atoms with Gasteiger partial charge < -0.3 is 14.2 Å². The van der Waals surface area contributed by atoms with E-state index in [0.717, 1.165) is 128 Å². The van der Waals surface area contributed by atoms with Crippen LogP contribution in [0.2, 0.25) is 0 Å². The van der Waals surface area contributed by atoms with E-state index in [9.17, 15) is 14.4 Å². The SMILES string of the molecule is CC/C=C\C/C=C\C/C=C\C/C=C\C/C=C\C/C=C\C/C=C\CCCCCCCCCCCCCCCC(=O)OCC(COC(=O)CCCCCCCCCCCCCC)OC(=O)CCCCCCC/C=C\C/C=C\CCCCCC. The summed E-state index contributed by atoms with van der Waals surface area (Å²) in [5, 5.41) is 0. The summed E-state index contributed by atoms with van der Waals surface area (Å²) < 4.78 is 16.9. The van der Waals surface area contributed by atoms with Gasteiger partial charge in [-0.25, -0.2) is 0 Å². The van der Waals surface area contributed by atoms with Gasteiger partial charge in [-0.15, -0.1) is 0 Å². The molecule has 6 nitrogen and oxygen atoms in total. The van der Waals surface area contributed by atoms with Gasteiger partial charge in [-0.05, 0) is 109 Å². The van der Waals surface area contributed by atoms with Crippen LogP contribution >= 0.6 is 0 Å². The Kier molecular flexibility index (Phi) is 65.2. The number of carbonyl (C=O) groups is 3. The number of unbranched alkanes of at least 4 members (excludes halogenated alkanes) is 33. The molecule has 464 valence electrons. The molecule has 0 heterocycles. The number of hydrogen-bond donors (Lipinski definition) is 0. The normalized spacial score (nSPS) is 12.8. The summed E-state index contributed by atoms with van der Waals surface area (Å²) in [6, 6.07) is 0. The molecule has 1 unspecified atom stereocenters. The summed E-state index contributed by atoms with van der Waals surface area (Å²) in [5.41, 5.74) is 0. The van der Waals surface area contributed by atoms with Crippen LogP contribution in [-0.2, 0) is 28.6 Å². The van der Waals surface area contributed by atoms with Crippen LogP contribution in [-0.4, -0.2) is 37.2 Å². The molecule has 0 saturated carbocycles. The van der Waals surface area contributed by atoms with Crippen molar-refractivity contribution < 1.29 is 28.6 Å². The highest BCUT2D eigenvalue weighted by Crippen LogP contribution is 2.17. The fourth-order valence-electron chi connectivity index (χ4n) is 9.63. The molecule has 0 amide bonds. The molecule has 0 aliphatic carbocycles. The number of esters is 3. The van der Waals surface area contributed by atoms with Crippen LogP contribution < -0.4 is 0 Å². The molecular formula is C75H128O6. The van der Waals surface area contributed by atoms with Gasteiger partial charge in [0.1, 0.15) is 13.2 Å². The average Bonchev–Trinajstić information content (AvgIpc) is 3.47. The van der Waals surface area contributed by atoms with Crippen molar-refractivity contribution in [3.8, 4) is 0 Å². The summed E-state index contributed by atoms with van der Waals surface area (Å²) >= 11 is 0. The molecular weight excluding hydrogens is 997 g/mol. The zero-order chi connectivity index (χ0) is 58.5. The smallest absolute Gasteiger partial charge is 0.306 e. The van der Waals surface area contributed by atoms with Crippen LogP contribution in [0, 0.1) is 0 Å². The van der Waals surface area contributed by atoms with Gasteiger partial charge >= 0.3 is 17.9 Å². The lowest BCUT2D eigenvalue weighted by Gasteiger charge is -2.18. The molecule has 6 heteroatoms. The lowest BCUT2D eigenvalue weighted by molar-refractivity contribution is -0.167. The maximum absolute atomic E-state index is 12.9. The molecule has 0 N–H and O–H groups in total. The van der Waals surface area contributed by atoms with E-state index in [4.69, 9.17) is 14.2 Å². The largest absolute Gasteiger partial charge is 0.462 e. The van der Waals surface area contributed by atoms with Crippen LogP contribution in [0.15, 0.2) is 109 Å². The van der Waals surface area contributed by atoms with Crippen molar-refractivity contribution in [1.29, 1.82) is 0 Å². The molecule has 1 atom stereocenters. The van der Waals surface area contributed by atoms with Gasteiger partial charge in [0.15, 0.2) is 6.10 Å². The van der Waals surface area contributed by atoms with Gasteiger partial charge in [-0.1, -0.05) is 310 Å². The van der Waals surface area contributed by atoms with E-state index in [1.165, 1.54) is 161 Å². The number of ether oxygens (including phenoxy) is 3. The molecule has 0 rings (SSSR count). The summed E-state index contributed by atoms with van der Waals surface area (Å²) in [5.74, 6) is -0.883. The van der Waals surface area contributed by atoms with Crippen LogP contribution in [0.3, 0.4) is 0 Å². The quantitative estimate of drug-likeness (QED) is 0.0261. The van der Waals surface area contributed by atoms with E-state index in [1.807, 2.05) is 0 Å². The highest BCUT2D eigenvalue weighted by atomic mass is 16.6. The van der Waals surface area contributed by atoms with E-state index in [1.54, 1.807) is 0 Å². The second-order valence-corrected chi connectivity index (χ2v) is 22.7. The highest BCUT2D eigenvalue weighted by Gasteiger charge is 2.19. The Balaban J connectivity index is 4.17. The monoisotopic (exact) mass is 1120 g/mol. The molecule has 0 bridgehead atoms. The minimum absolute atomic E-state index is 0.0799. The van der Waals surface area contributed by atoms with Crippen molar-refractivity contribution in [2.45, 2.75) is 335 Å². The fourth-order valence-corrected chi connectivity index (χ4v) is 9.63. The van der Waals surface area contributed by atoms with Gasteiger partial charge in [0.2, 0.25) is 0 Å². The maximum atomic E-state index is 12.9. The fraction of sp³-hybridized carbons (Fsp3) is 0.720. The molecule has 0 aliphatic rings. The molecule has 0 radical (unpaired) electrons. The Morgan fingerprint density at radius 2 is 0.481 bits per heavy atom. The number of carbonyl (C=O) groups excluding carboxylic acids is 3. The maximum Gasteiger partial charge on any atom is 0.306 e. The van der Waals surface area contributed by atoms with Gasteiger partial charge in [0.05, 0.1) is 0 Å². The Labute approximate surface area is 501 Å². The van der Waals surface area contributed by atoms with E-state index < -0.39 is 6.10 Å². The lowest BCUT2D eigenvalue weighted by Crippen LogP contribution is -2.30. The van der Waals surface area contributed by atoms with Crippen LogP contribution in [0.4, 0.5) is 0 Å². The van der Waals surface area contributed by atoms with Crippen LogP contribution in [0.25, 0.3) is 0 Å². The predicted octanol–water partition coefficient (Wildman–Crippen LogP) is 23.8. The summed E-state index contributed by atoms with van der Waals surface area (Å²) in [7, 11) is 0. The molecule has 0 fully saturated rings. The molecule has 0 aromatic carbocycles. The number of allylic oxidation sites excluding steroid dienone is 18. The molecule has 0 saturated heterocycles. The first kappa shape index (κ1) is 77.1. The summed E-state index contributed by atoms with van der Waals surface area (Å²) in [4.78, 5) is 38.3. The molecule has 0 spiro atoms. The van der Waals surface area contributed by atoms with Crippen molar-refractivity contribution in [2.24, 2.45) is 0 Å². The van der Waals surface area contributed by atoms with E-state index >= 15 is 0 Å². The second kappa shape index (κ2) is 68.6. The van der Waals surface area contributed by atoms with Crippen LogP contribution in [0.5, 0.6) is 0 Å². The Hall–Kier alpha value is -3.93. The zero-order valence-corrected chi connectivity index (χ0v) is 53.3. The summed E-state index contributed by atoms with van der Waals surface area (Å²) in [6.07, 6.45) is 94.0. The molecule has 0 aromatic heterocycles. The van der Waals surface area contributed by atoms with Crippen molar-refractivity contribution in [1.82, 2.24) is 0 Å². The van der Waals surface area contributed by atoms with E-state index in [2.05, 4.69) is 130 Å². The average molecular weight is 1130 g/mol. The Bertz CT molecular complexity index is 1620. The predicted molar refractivity (Wildman–Crippen MR) is 353 cm³/mol. The van der Waals surface area contributed by atoms with Crippen LogP contribution in [0.1, 0.15) is 329 Å². The second-order valence-electron chi connectivity index (χ2n) is 22.7. The third kappa shape index (κ3) is 66.8. The first-order valence-electron chi connectivity index (χ1n) is 34.4. The Morgan fingerprint density at radius 1 is 0.259 bits per heavy atom. The van der Waals surface area contributed by atoms with E-state index in [0.29, 0.717) is 19.3 Å². The van der Waals surface area contributed by atoms with Crippen molar-refractivity contribution in [2.75, 3.05) is 13.2 Å². The minimum atomic E-state index is -0.784. The lowest BCUT2D eigenvalue weighted by atomic mass is 10.0. The van der Waals surface area contributed by atoms with Crippen molar-refractivity contribution in [3.63, 3.8) is 0 Å². The minimum Gasteiger partial charge on any atom is -0.462 e. The van der Waals surface area contributed by atoms with Crippen molar-refractivity contribution >= 4 is 17.9 Å². The van der Waals surface area contributed by atoms with Crippen molar-refractivity contribution in [3.05, 3.63) is 109 Å². The molecule has 0 aliphatic heterocycles. The standard InChI is InChI=1S/C75H128O6/c1-4-7-10-13-16-19-22-25-27-29-30-31-32-33-34-35-36-37-38-39-40-41-42-43-44-45-46-47-49-50-53-56-59-62-65-68-74(77)80-71-72(70-79-73(76)67-64-61-58-55-52-24-21-18-15-12-9-6-3)81-75(78)69-66-63-60-57-54-51-48-28-26-23-20-17-14-11-8-5-2/h7,10,16,19-20,23,25,27-28,30-31,33-34,36-37,39-40,48,72H,4-6,8-9,11-15,17-18,21-22,24,26,29,32,35,38,41-47,49-71H2,1-3H3/b10-7-,19-16-,23-20-,27-25-,31-30-,34-33-,37-36-,40-39-,48-28-. The zero-order valence-electron chi connectivity index (χ0n) is 53.3. The number of hydrogen-bond acceptors (Lipinski definition) is 6. The molecule has 81 heavy (non-hydrogen) atoms. The Morgan fingerprint density at radius 3 is 0.765 bits per heavy atom.